The van der Waals surface area contributed by atoms with Crippen LogP contribution in [0.2, 0.25) is 0 Å². The number of carbonyl (C=O) groups excluding carboxylic acids is 1. The molecule has 0 atom stereocenters. The second-order valence-electron chi connectivity index (χ2n) is 9.20. The molecule has 0 spiro atoms. The molecule has 1 aliphatic carbocycles. The van der Waals surface area contributed by atoms with Crippen molar-refractivity contribution < 1.29 is 19.0 Å². The lowest BCUT2D eigenvalue weighted by Gasteiger charge is -2.41. The summed E-state index contributed by atoms with van der Waals surface area (Å²) in [6.07, 6.45) is 6.60. The fraction of sp³-hybridized carbons (Fsp3) is 0.500. The Morgan fingerprint density at radius 1 is 0.944 bits per heavy atom. The van der Waals surface area contributed by atoms with E-state index >= 15 is 0 Å². The summed E-state index contributed by atoms with van der Waals surface area (Å²) in [5, 5.41) is 3.07. The first-order chi connectivity index (χ1) is 17.6. The molecule has 2 aromatic rings. The maximum absolute atomic E-state index is 13.2. The summed E-state index contributed by atoms with van der Waals surface area (Å²) in [7, 11) is 3.21. The van der Waals surface area contributed by atoms with E-state index in [2.05, 4.69) is 15.1 Å². The Kier molecular flexibility index (Phi) is 9.06. The van der Waals surface area contributed by atoms with E-state index in [-0.39, 0.29) is 5.91 Å². The van der Waals surface area contributed by atoms with Crippen LogP contribution in [0.1, 0.15) is 49.4 Å². The number of aliphatic imine (C=N–C) groups is 1. The second kappa shape index (κ2) is 12.6. The van der Waals surface area contributed by atoms with Crippen LogP contribution in [0.3, 0.4) is 0 Å². The van der Waals surface area contributed by atoms with Crippen molar-refractivity contribution in [1.82, 2.24) is 15.1 Å². The van der Waals surface area contributed by atoms with Crippen LogP contribution in [0.15, 0.2) is 47.5 Å². The Bertz CT molecular complexity index is 1030. The lowest BCUT2D eigenvalue weighted by atomic mass is 9.94. The minimum atomic E-state index is -0.202. The molecule has 1 saturated heterocycles. The molecule has 0 radical (unpaired) electrons. The van der Waals surface area contributed by atoms with E-state index < -0.39 is 0 Å². The predicted octanol–water partition coefficient (Wildman–Crippen LogP) is 4.47. The normalized spacial score (nSPS) is 17.5. The highest BCUT2D eigenvalue weighted by Crippen LogP contribution is 2.31. The average Bonchev–Trinajstić information content (AvgIpc) is 2.93. The summed E-state index contributed by atoms with van der Waals surface area (Å²) in [4.78, 5) is 22.8. The van der Waals surface area contributed by atoms with Crippen molar-refractivity contribution in [3.63, 3.8) is 0 Å². The van der Waals surface area contributed by atoms with Gasteiger partial charge in [0, 0.05) is 43.9 Å². The highest BCUT2D eigenvalue weighted by atomic mass is 16.5. The fourth-order valence-electron chi connectivity index (χ4n) is 4.98. The molecule has 0 aromatic heterocycles. The molecule has 0 unspecified atom stereocenters. The van der Waals surface area contributed by atoms with E-state index in [0.29, 0.717) is 41.4 Å². The van der Waals surface area contributed by atoms with Gasteiger partial charge in [0.1, 0.15) is 5.75 Å². The summed E-state index contributed by atoms with van der Waals surface area (Å²) in [6, 6.07) is 13.4. The number of piperazine rings is 1. The molecular weight excluding hydrogens is 456 g/mol. The van der Waals surface area contributed by atoms with E-state index in [1.54, 1.807) is 26.4 Å². The van der Waals surface area contributed by atoms with Crippen LogP contribution in [0.25, 0.3) is 0 Å². The molecular formula is C28H38N4O4. The quantitative estimate of drug-likeness (QED) is 0.452. The molecule has 8 heteroatoms. The first-order valence-electron chi connectivity index (χ1n) is 12.9. The highest BCUT2D eigenvalue weighted by molar-refractivity contribution is 6.06. The van der Waals surface area contributed by atoms with Gasteiger partial charge in [-0.15, -0.1) is 0 Å². The fourth-order valence-corrected chi connectivity index (χ4v) is 4.98. The minimum absolute atomic E-state index is 0.202. The SMILES string of the molecule is CCOc1ccc(C(=O)NC(=Nc2ccc(OC)c(OC)c2)N2CCN(C3CCCCC3)CC2)cc1. The molecule has 4 rings (SSSR count). The number of ether oxygens (including phenoxy) is 3. The summed E-state index contributed by atoms with van der Waals surface area (Å²) in [6.45, 7) is 6.08. The first kappa shape index (κ1) is 25.8. The van der Waals surface area contributed by atoms with E-state index in [1.807, 2.05) is 37.3 Å². The van der Waals surface area contributed by atoms with Crippen molar-refractivity contribution in [2.45, 2.75) is 45.1 Å². The molecule has 2 aromatic carbocycles. The van der Waals surface area contributed by atoms with Gasteiger partial charge in [-0.2, -0.15) is 0 Å². The number of nitrogens with one attached hydrogen (secondary N) is 1. The van der Waals surface area contributed by atoms with Crippen molar-refractivity contribution in [2.75, 3.05) is 47.0 Å². The third-order valence-corrected chi connectivity index (χ3v) is 6.96. The van der Waals surface area contributed by atoms with Crippen molar-refractivity contribution in [3.8, 4) is 17.2 Å². The van der Waals surface area contributed by atoms with Gasteiger partial charge < -0.3 is 19.1 Å². The number of carbonyl (C=O) groups is 1. The summed E-state index contributed by atoms with van der Waals surface area (Å²) < 4.78 is 16.3. The number of amides is 1. The summed E-state index contributed by atoms with van der Waals surface area (Å²) >= 11 is 0. The zero-order chi connectivity index (χ0) is 25.3. The van der Waals surface area contributed by atoms with Crippen molar-refractivity contribution in [2.24, 2.45) is 4.99 Å². The molecule has 2 aliphatic rings. The van der Waals surface area contributed by atoms with Crippen LogP contribution in [0.5, 0.6) is 17.2 Å². The van der Waals surface area contributed by atoms with Gasteiger partial charge in [-0.3, -0.25) is 15.0 Å². The third kappa shape index (κ3) is 6.49. The monoisotopic (exact) mass is 494 g/mol. The maximum atomic E-state index is 13.2. The van der Waals surface area contributed by atoms with Crippen LogP contribution in [0, 0.1) is 0 Å². The first-order valence-corrected chi connectivity index (χ1v) is 12.9. The molecule has 0 bridgehead atoms. The Hall–Kier alpha value is -3.26. The molecule has 36 heavy (non-hydrogen) atoms. The van der Waals surface area contributed by atoms with Gasteiger partial charge in [0.15, 0.2) is 11.5 Å². The summed E-state index contributed by atoms with van der Waals surface area (Å²) in [5.41, 5.74) is 1.24. The molecule has 2 fully saturated rings. The van der Waals surface area contributed by atoms with E-state index in [9.17, 15) is 4.79 Å². The van der Waals surface area contributed by atoms with Crippen LogP contribution >= 0.6 is 0 Å². The molecule has 1 amide bonds. The van der Waals surface area contributed by atoms with Gasteiger partial charge in [-0.25, -0.2) is 4.99 Å². The second-order valence-corrected chi connectivity index (χ2v) is 9.20. The molecule has 1 heterocycles. The van der Waals surface area contributed by atoms with Crippen molar-refractivity contribution in [3.05, 3.63) is 48.0 Å². The Morgan fingerprint density at radius 3 is 2.28 bits per heavy atom. The van der Waals surface area contributed by atoms with Crippen LogP contribution < -0.4 is 19.5 Å². The van der Waals surface area contributed by atoms with Crippen LogP contribution in [-0.2, 0) is 0 Å². The molecule has 1 saturated carbocycles. The van der Waals surface area contributed by atoms with Gasteiger partial charge in [0.25, 0.3) is 5.91 Å². The number of guanidine groups is 1. The van der Waals surface area contributed by atoms with Gasteiger partial charge in [-0.1, -0.05) is 19.3 Å². The average molecular weight is 495 g/mol. The zero-order valence-corrected chi connectivity index (χ0v) is 21.7. The smallest absolute Gasteiger partial charge is 0.257 e. The van der Waals surface area contributed by atoms with Gasteiger partial charge in [0.2, 0.25) is 5.96 Å². The minimum Gasteiger partial charge on any atom is -0.494 e. The van der Waals surface area contributed by atoms with Gasteiger partial charge in [-0.05, 0) is 56.2 Å². The number of rotatable bonds is 7. The molecule has 1 aliphatic heterocycles. The largest absolute Gasteiger partial charge is 0.494 e. The number of benzene rings is 2. The highest BCUT2D eigenvalue weighted by Gasteiger charge is 2.27. The summed E-state index contributed by atoms with van der Waals surface area (Å²) in [5.74, 6) is 2.32. The van der Waals surface area contributed by atoms with Crippen molar-refractivity contribution in [1.29, 1.82) is 0 Å². The maximum Gasteiger partial charge on any atom is 0.257 e. The topological polar surface area (TPSA) is 75.6 Å². The third-order valence-electron chi connectivity index (χ3n) is 6.96. The van der Waals surface area contributed by atoms with E-state index in [1.165, 1.54) is 32.1 Å². The number of hydrogen-bond donors (Lipinski definition) is 1. The number of methoxy groups -OCH3 is 2. The van der Waals surface area contributed by atoms with Crippen LogP contribution in [-0.4, -0.2) is 74.7 Å². The standard InChI is InChI=1S/C28H38N4O4/c1-4-36-24-13-10-21(11-14-24)27(33)30-28(29-22-12-15-25(34-2)26(20-22)35-3)32-18-16-31(17-19-32)23-8-6-5-7-9-23/h10-15,20,23H,4-9,16-19H2,1-3H3,(H,29,30,33). The molecule has 194 valence electrons. The van der Waals surface area contributed by atoms with Crippen molar-refractivity contribution >= 4 is 17.6 Å². The van der Waals surface area contributed by atoms with Gasteiger partial charge in [0.05, 0.1) is 26.5 Å². The molecule has 1 N–H and O–H groups in total. The predicted molar refractivity (Wildman–Crippen MR) is 142 cm³/mol. The zero-order valence-electron chi connectivity index (χ0n) is 21.7. The Balaban J connectivity index is 1.53. The Labute approximate surface area is 214 Å². The lowest BCUT2D eigenvalue weighted by molar-refractivity contribution is 0.0943. The number of nitrogens with zero attached hydrogens (tertiary/aromatic N) is 3. The van der Waals surface area contributed by atoms with E-state index in [0.717, 1.165) is 31.9 Å². The van der Waals surface area contributed by atoms with E-state index in [4.69, 9.17) is 19.2 Å². The Morgan fingerprint density at radius 2 is 1.64 bits per heavy atom. The van der Waals surface area contributed by atoms with Crippen LogP contribution in [0.4, 0.5) is 5.69 Å². The molecule has 8 nitrogen and oxygen atoms in total. The van der Waals surface area contributed by atoms with Gasteiger partial charge >= 0.3 is 0 Å². The number of hydrogen-bond acceptors (Lipinski definition) is 6. The lowest BCUT2D eigenvalue weighted by Crippen LogP contribution is -2.55.